The Balaban J connectivity index is 1.87. The minimum Gasteiger partial charge on any atom is -0.399 e. The Hall–Kier alpha value is -2.49. The van der Waals surface area contributed by atoms with E-state index in [2.05, 4.69) is 10.3 Å². The lowest BCUT2D eigenvalue weighted by molar-refractivity contribution is -0.116. The molecule has 0 aliphatic rings. The lowest BCUT2D eigenvalue weighted by Gasteiger charge is -1.99. The highest BCUT2D eigenvalue weighted by molar-refractivity contribution is 5.91. The SMILES string of the molecule is Nc1cccc(/C=C/C(=O)NCc2cc[nH]c2)c1. The number of amides is 1. The predicted molar refractivity (Wildman–Crippen MR) is 72.5 cm³/mol. The lowest BCUT2D eigenvalue weighted by Crippen LogP contribution is -2.19. The molecule has 2 rings (SSSR count). The number of benzene rings is 1. The van der Waals surface area contributed by atoms with Gasteiger partial charge in [-0.1, -0.05) is 12.1 Å². The number of aromatic amines is 1. The van der Waals surface area contributed by atoms with Crippen LogP contribution in [-0.4, -0.2) is 10.9 Å². The standard InChI is InChI=1S/C14H15N3O/c15-13-3-1-2-11(8-13)4-5-14(18)17-10-12-6-7-16-9-12/h1-9,16H,10,15H2,(H,17,18)/b5-4+. The summed E-state index contributed by atoms with van der Waals surface area (Å²) >= 11 is 0. The van der Waals surface area contributed by atoms with E-state index in [4.69, 9.17) is 5.73 Å². The zero-order chi connectivity index (χ0) is 12.8. The third kappa shape index (κ3) is 3.52. The van der Waals surface area contributed by atoms with Gasteiger partial charge in [-0.2, -0.15) is 0 Å². The number of H-pyrrole nitrogens is 1. The molecule has 1 heterocycles. The highest BCUT2D eigenvalue weighted by atomic mass is 16.1. The van der Waals surface area contributed by atoms with Gasteiger partial charge in [-0.15, -0.1) is 0 Å². The summed E-state index contributed by atoms with van der Waals surface area (Å²) in [6.45, 7) is 0.517. The average molecular weight is 241 g/mol. The smallest absolute Gasteiger partial charge is 0.244 e. The van der Waals surface area contributed by atoms with Crippen molar-refractivity contribution in [3.8, 4) is 0 Å². The van der Waals surface area contributed by atoms with Crippen LogP contribution in [0.4, 0.5) is 5.69 Å². The molecule has 0 fully saturated rings. The maximum Gasteiger partial charge on any atom is 0.244 e. The fourth-order valence-corrected chi connectivity index (χ4v) is 1.55. The van der Waals surface area contributed by atoms with E-state index in [-0.39, 0.29) is 5.91 Å². The summed E-state index contributed by atoms with van der Waals surface area (Å²) in [5.74, 6) is -0.126. The number of nitrogens with two attached hydrogens (primary N) is 1. The van der Waals surface area contributed by atoms with Crippen LogP contribution < -0.4 is 11.1 Å². The van der Waals surface area contributed by atoms with E-state index in [9.17, 15) is 4.79 Å². The van der Waals surface area contributed by atoms with Crippen molar-refractivity contribution >= 4 is 17.7 Å². The maximum atomic E-state index is 11.6. The van der Waals surface area contributed by atoms with Gasteiger partial charge in [0.2, 0.25) is 5.91 Å². The van der Waals surface area contributed by atoms with Gasteiger partial charge in [0.05, 0.1) is 0 Å². The Kier molecular flexibility index (Phi) is 3.81. The molecule has 4 nitrogen and oxygen atoms in total. The van der Waals surface area contributed by atoms with E-state index in [1.807, 2.05) is 42.7 Å². The van der Waals surface area contributed by atoms with Crippen LogP contribution in [0.5, 0.6) is 0 Å². The normalized spacial score (nSPS) is 10.7. The van der Waals surface area contributed by atoms with Crippen molar-refractivity contribution in [2.24, 2.45) is 0 Å². The van der Waals surface area contributed by atoms with Crippen molar-refractivity contribution in [1.82, 2.24) is 10.3 Å². The number of anilines is 1. The van der Waals surface area contributed by atoms with Gasteiger partial charge < -0.3 is 16.0 Å². The monoisotopic (exact) mass is 241 g/mol. The van der Waals surface area contributed by atoms with Gasteiger partial charge >= 0.3 is 0 Å². The Labute approximate surface area is 106 Å². The first-order valence-corrected chi connectivity index (χ1v) is 5.67. The number of aromatic nitrogens is 1. The maximum absolute atomic E-state index is 11.6. The van der Waals surface area contributed by atoms with E-state index >= 15 is 0 Å². The van der Waals surface area contributed by atoms with Crippen LogP contribution in [0.15, 0.2) is 48.8 Å². The topological polar surface area (TPSA) is 70.9 Å². The van der Waals surface area contributed by atoms with Crippen LogP contribution >= 0.6 is 0 Å². The molecule has 2 aromatic rings. The first-order chi connectivity index (χ1) is 8.74. The van der Waals surface area contributed by atoms with Crippen molar-refractivity contribution < 1.29 is 4.79 Å². The highest BCUT2D eigenvalue weighted by Crippen LogP contribution is 2.07. The molecule has 0 bridgehead atoms. The summed E-state index contributed by atoms with van der Waals surface area (Å²) in [6, 6.07) is 9.29. The predicted octanol–water partition coefficient (Wildman–Crippen LogP) is 1.93. The van der Waals surface area contributed by atoms with Gasteiger partial charge in [-0.05, 0) is 35.4 Å². The number of carbonyl (C=O) groups is 1. The summed E-state index contributed by atoms with van der Waals surface area (Å²) in [6.07, 6.45) is 6.91. The Bertz CT molecular complexity index is 544. The van der Waals surface area contributed by atoms with E-state index in [0.29, 0.717) is 12.2 Å². The van der Waals surface area contributed by atoms with Gasteiger partial charge in [0.15, 0.2) is 0 Å². The number of nitrogens with one attached hydrogen (secondary N) is 2. The van der Waals surface area contributed by atoms with Crippen LogP contribution in [0, 0.1) is 0 Å². The largest absolute Gasteiger partial charge is 0.399 e. The number of hydrogen-bond acceptors (Lipinski definition) is 2. The Morgan fingerprint density at radius 2 is 2.28 bits per heavy atom. The summed E-state index contributed by atoms with van der Waals surface area (Å²) in [5.41, 5.74) is 8.29. The molecule has 4 heteroatoms. The van der Waals surface area contributed by atoms with E-state index < -0.39 is 0 Å². The zero-order valence-corrected chi connectivity index (χ0v) is 9.89. The van der Waals surface area contributed by atoms with E-state index in [1.165, 1.54) is 6.08 Å². The molecule has 0 saturated carbocycles. The minimum atomic E-state index is -0.126. The first-order valence-electron chi connectivity index (χ1n) is 5.67. The summed E-state index contributed by atoms with van der Waals surface area (Å²) in [4.78, 5) is 14.5. The molecule has 18 heavy (non-hydrogen) atoms. The molecule has 1 aromatic heterocycles. The van der Waals surface area contributed by atoms with Gasteiger partial charge in [-0.25, -0.2) is 0 Å². The van der Waals surface area contributed by atoms with E-state index in [0.717, 1.165) is 11.1 Å². The molecule has 92 valence electrons. The average Bonchev–Trinajstić information content (AvgIpc) is 2.87. The van der Waals surface area contributed by atoms with Crippen LogP contribution in [0.3, 0.4) is 0 Å². The number of nitrogen functional groups attached to an aromatic ring is 1. The summed E-state index contributed by atoms with van der Waals surface area (Å²) in [5, 5.41) is 2.79. The Morgan fingerprint density at radius 1 is 1.39 bits per heavy atom. The quantitative estimate of drug-likeness (QED) is 0.565. The molecule has 1 amide bonds. The van der Waals surface area contributed by atoms with Crippen LogP contribution in [0.2, 0.25) is 0 Å². The second-order valence-electron chi connectivity index (χ2n) is 3.94. The fourth-order valence-electron chi connectivity index (χ4n) is 1.55. The third-order valence-electron chi connectivity index (χ3n) is 2.47. The minimum absolute atomic E-state index is 0.126. The van der Waals surface area contributed by atoms with Gasteiger partial charge in [-0.3, -0.25) is 4.79 Å². The molecular weight excluding hydrogens is 226 g/mol. The molecule has 0 spiro atoms. The second kappa shape index (κ2) is 5.72. The molecule has 0 aliphatic carbocycles. The van der Waals surface area contributed by atoms with Crippen molar-refractivity contribution in [3.05, 3.63) is 59.9 Å². The summed E-state index contributed by atoms with van der Waals surface area (Å²) < 4.78 is 0. The molecule has 0 unspecified atom stereocenters. The summed E-state index contributed by atoms with van der Waals surface area (Å²) in [7, 11) is 0. The second-order valence-corrected chi connectivity index (χ2v) is 3.94. The zero-order valence-electron chi connectivity index (χ0n) is 9.89. The number of hydrogen-bond donors (Lipinski definition) is 3. The van der Waals surface area contributed by atoms with Crippen LogP contribution in [0.1, 0.15) is 11.1 Å². The third-order valence-corrected chi connectivity index (χ3v) is 2.47. The van der Waals surface area contributed by atoms with Crippen molar-refractivity contribution in [2.75, 3.05) is 5.73 Å². The van der Waals surface area contributed by atoms with Crippen molar-refractivity contribution in [1.29, 1.82) is 0 Å². The molecule has 0 radical (unpaired) electrons. The molecule has 4 N–H and O–H groups in total. The first kappa shape index (κ1) is 12.0. The van der Waals surface area contributed by atoms with Crippen LogP contribution in [-0.2, 0) is 11.3 Å². The van der Waals surface area contributed by atoms with Gasteiger partial charge in [0.25, 0.3) is 0 Å². The molecule has 0 atom stereocenters. The van der Waals surface area contributed by atoms with Crippen LogP contribution in [0.25, 0.3) is 6.08 Å². The lowest BCUT2D eigenvalue weighted by atomic mass is 10.2. The number of rotatable bonds is 4. The van der Waals surface area contributed by atoms with Gasteiger partial charge in [0, 0.05) is 30.7 Å². The number of carbonyl (C=O) groups excluding carboxylic acids is 1. The van der Waals surface area contributed by atoms with Crippen molar-refractivity contribution in [3.63, 3.8) is 0 Å². The van der Waals surface area contributed by atoms with Gasteiger partial charge in [0.1, 0.15) is 0 Å². The van der Waals surface area contributed by atoms with Crippen molar-refractivity contribution in [2.45, 2.75) is 6.54 Å². The molecule has 0 saturated heterocycles. The highest BCUT2D eigenvalue weighted by Gasteiger charge is 1.96. The molecule has 0 aliphatic heterocycles. The van der Waals surface area contributed by atoms with E-state index in [1.54, 1.807) is 6.08 Å². The Morgan fingerprint density at radius 3 is 3.00 bits per heavy atom. The molecule has 1 aromatic carbocycles. The molecular formula is C14H15N3O. The fraction of sp³-hybridized carbons (Fsp3) is 0.0714.